The fourth-order valence-corrected chi connectivity index (χ4v) is 4.33. The van der Waals surface area contributed by atoms with Crippen molar-refractivity contribution < 1.29 is 19.0 Å². The van der Waals surface area contributed by atoms with E-state index in [1.165, 1.54) is 32.7 Å². The number of amides is 1. The first-order chi connectivity index (χ1) is 14.9. The molecule has 0 atom stereocenters. The topological polar surface area (TPSA) is 87.0 Å². The highest BCUT2D eigenvalue weighted by atomic mass is 35.5. The van der Waals surface area contributed by atoms with Gasteiger partial charge in [0.2, 0.25) is 10.7 Å². The molecule has 11 heteroatoms. The third-order valence-corrected chi connectivity index (χ3v) is 5.80. The van der Waals surface area contributed by atoms with Gasteiger partial charge < -0.3 is 14.2 Å². The van der Waals surface area contributed by atoms with Crippen LogP contribution in [0.3, 0.4) is 0 Å². The fraction of sp³-hybridized carbons (Fsp3) is 0.150. The summed E-state index contributed by atoms with van der Waals surface area (Å²) in [5.41, 5.74) is 1.79. The van der Waals surface area contributed by atoms with E-state index in [1.807, 2.05) is 11.4 Å². The Hall–Kier alpha value is -3.01. The summed E-state index contributed by atoms with van der Waals surface area (Å²) in [6.07, 6.45) is 0. The summed E-state index contributed by atoms with van der Waals surface area (Å²) in [6, 6.07) is 8.31. The van der Waals surface area contributed by atoms with Crippen molar-refractivity contribution >= 4 is 51.4 Å². The van der Waals surface area contributed by atoms with Crippen LogP contribution >= 0.6 is 34.5 Å². The van der Waals surface area contributed by atoms with Crippen molar-refractivity contribution in [2.75, 3.05) is 26.6 Å². The number of carbonyl (C=O) groups excluding carboxylic acids is 1. The molecule has 8 nitrogen and oxygen atoms in total. The van der Waals surface area contributed by atoms with E-state index in [0.717, 1.165) is 11.3 Å². The molecule has 4 aromatic rings. The van der Waals surface area contributed by atoms with Crippen molar-refractivity contribution in [3.05, 3.63) is 51.3 Å². The maximum Gasteiger partial charge on any atom is 0.258 e. The van der Waals surface area contributed by atoms with Crippen molar-refractivity contribution in [3.8, 4) is 28.5 Å². The van der Waals surface area contributed by atoms with Crippen LogP contribution in [0.1, 0.15) is 10.4 Å². The maximum atomic E-state index is 12.8. The van der Waals surface area contributed by atoms with Gasteiger partial charge in [-0.25, -0.2) is 4.52 Å². The molecule has 0 aliphatic heterocycles. The van der Waals surface area contributed by atoms with Crippen LogP contribution in [-0.2, 0) is 0 Å². The zero-order valence-corrected chi connectivity index (χ0v) is 18.9. The molecule has 4 rings (SSSR count). The second kappa shape index (κ2) is 8.62. The molecular weight excluding hydrogens is 463 g/mol. The average Bonchev–Trinajstić information content (AvgIpc) is 3.33. The Labute approximate surface area is 191 Å². The number of benzene rings is 2. The van der Waals surface area contributed by atoms with E-state index < -0.39 is 5.91 Å². The lowest BCUT2D eigenvalue weighted by Crippen LogP contribution is -2.14. The van der Waals surface area contributed by atoms with Gasteiger partial charge in [0.05, 0.1) is 32.0 Å². The number of fused-ring (bicyclic) bond motifs is 1. The molecule has 1 amide bonds. The van der Waals surface area contributed by atoms with Crippen LogP contribution in [0.4, 0.5) is 5.95 Å². The van der Waals surface area contributed by atoms with Crippen LogP contribution in [0.5, 0.6) is 17.2 Å². The van der Waals surface area contributed by atoms with Crippen LogP contribution < -0.4 is 19.5 Å². The molecule has 0 spiro atoms. The predicted octanol–water partition coefficient (Wildman–Crippen LogP) is 5.04. The molecule has 0 saturated carbocycles. The number of nitrogens with one attached hydrogen (secondary N) is 1. The zero-order chi connectivity index (χ0) is 22.1. The normalized spacial score (nSPS) is 10.9. The molecule has 2 aromatic heterocycles. The quantitative estimate of drug-likeness (QED) is 0.417. The summed E-state index contributed by atoms with van der Waals surface area (Å²) >= 11 is 13.7. The first-order valence-electron chi connectivity index (χ1n) is 8.86. The molecule has 0 bridgehead atoms. The minimum absolute atomic E-state index is 0.150. The van der Waals surface area contributed by atoms with E-state index in [2.05, 4.69) is 15.4 Å². The lowest BCUT2D eigenvalue weighted by Gasteiger charge is -2.13. The number of nitrogens with zero attached hydrogens (tertiary/aromatic N) is 3. The Morgan fingerprint density at radius 3 is 2.39 bits per heavy atom. The van der Waals surface area contributed by atoms with Gasteiger partial charge in [-0.05, 0) is 30.3 Å². The number of thiazole rings is 1. The van der Waals surface area contributed by atoms with Crippen LogP contribution in [0.15, 0.2) is 35.7 Å². The van der Waals surface area contributed by atoms with Crippen LogP contribution in [0.2, 0.25) is 10.0 Å². The Balaban J connectivity index is 1.65. The van der Waals surface area contributed by atoms with Gasteiger partial charge in [-0.15, -0.1) is 16.4 Å². The average molecular weight is 479 g/mol. The molecule has 2 aromatic carbocycles. The molecule has 0 aliphatic rings. The van der Waals surface area contributed by atoms with E-state index in [1.54, 1.807) is 28.8 Å². The number of hydrogen-bond acceptors (Lipinski definition) is 7. The summed E-state index contributed by atoms with van der Waals surface area (Å²) in [5, 5.41) is 10.0. The number of rotatable bonds is 6. The summed E-state index contributed by atoms with van der Waals surface area (Å²) < 4.78 is 17.5. The largest absolute Gasteiger partial charge is 0.493 e. The van der Waals surface area contributed by atoms with Gasteiger partial charge in [0, 0.05) is 21.5 Å². The standard InChI is InChI=1S/C20H16Cl2N4O4S/c1-28-15-6-10(7-16(29-2)17(15)30-3)18(27)23-19-24-20-26(25-19)14(9-31-20)12-5-4-11(21)8-13(12)22/h4-9H,1-3H3,(H,23,25,27). The Bertz CT molecular complexity index is 1260. The number of methoxy groups -OCH3 is 3. The zero-order valence-electron chi connectivity index (χ0n) is 16.6. The number of halogens is 2. The molecule has 1 N–H and O–H groups in total. The lowest BCUT2D eigenvalue weighted by atomic mass is 10.1. The highest BCUT2D eigenvalue weighted by Gasteiger charge is 2.19. The van der Waals surface area contributed by atoms with Crippen molar-refractivity contribution in [3.63, 3.8) is 0 Å². The molecular formula is C20H16Cl2N4O4S. The van der Waals surface area contributed by atoms with Gasteiger partial charge in [-0.1, -0.05) is 23.2 Å². The van der Waals surface area contributed by atoms with Gasteiger partial charge in [0.1, 0.15) is 0 Å². The maximum absolute atomic E-state index is 12.8. The van der Waals surface area contributed by atoms with Gasteiger partial charge >= 0.3 is 0 Å². The molecule has 0 radical (unpaired) electrons. The highest BCUT2D eigenvalue weighted by Crippen LogP contribution is 2.38. The number of hydrogen-bond donors (Lipinski definition) is 1. The Kier molecular flexibility index (Phi) is 5.90. The molecule has 31 heavy (non-hydrogen) atoms. The lowest BCUT2D eigenvalue weighted by molar-refractivity contribution is 0.102. The summed E-state index contributed by atoms with van der Waals surface area (Å²) in [6.45, 7) is 0. The van der Waals surface area contributed by atoms with E-state index in [-0.39, 0.29) is 5.95 Å². The monoisotopic (exact) mass is 478 g/mol. The highest BCUT2D eigenvalue weighted by molar-refractivity contribution is 7.15. The first-order valence-corrected chi connectivity index (χ1v) is 10.5. The molecule has 0 fully saturated rings. The summed E-state index contributed by atoms with van der Waals surface area (Å²) in [5.74, 6) is 0.850. The van der Waals surface area contributed by atoms with E-state index in [4.69, 9.17) is 37.4 Å². The van der Waals surface area contributed by atoms with Crippen molar-refractivity contribution in [1.29, 1.82) is 0 Å². The summed E-state index contributed by atoms with van der Waals surface area (Å²) in [4.78, 5) is 17.8. The second-order valence-corrected chi connectivity index (χ2v) is 7.92. The van der Waals surface area contributed by atoms with Gasteiger partial charge in [0.25, 0.3) is 11.9 Å². The predicted molar refractivity (Wildman–Crippen MR) is 120 cm³/mol. The molecule has 2 heterocycles. The number of anilines is 1. The van der Waals surface area contributed by atoms with Gasteiger partial charge in [-0.2, -0.15) is 4.98 Å². The molecule has 0 saturated heterocycles. The Morgan fingerprint density at radius 2 is 1.77 bits per heavy atom. The van der Waals surface area contributed by atoms with Crippen molar-refractivity contribution in [2.45, 2.75) is 0 Å². The van der Waals surface area contributed by atoms with Crippen LogP contribution in [0.25, 0.3) is 16.2 Å². The van der Waals surface area contributed by atoms with Crippen molar-refractivity contribution in [2.24, 2.45) is 0 Å². The third-order valence-electron chi connectivity index (χ3n) is 4.44. The third kappa shape index (κ3) is 3.99. The van der Waals surface area contributed by atoms with Crippen LogP contribution in [0, 0.1) is 0 Å². The van der Waals surface area contributed by atoms with E-state index in [0.29, 0.717) is 37.8 Å². The minimum Gasteiger partial charge on any atom is -0.493 e. The number of ether oxygens (including phenoxy) is 3. The van der Waals surface area contributed by atoms with Gasteiger partial charge in [0.15, 0.2) is 11.5 Å². The van der Waals surface area contributed by atoms with Crippen LogP contribution in [-0.4, -0.2) is 41.8 Å². The smallest absolute Gasteiger partial charge is 0.258 e. The SMILES string of the molecule is COc1cc(C(=O)Nc2nc3scc(-c4ccc(Cl)cc4Cl)n3n2)cc(OC)c1OC. The van der Waals surface area contributed by atoms with Gasteiger partial charge in [-0.3, -0.25) is 10.1 Å². The first kappa shape index (κ1) is 21.2. The minimum atomic E-state index is -0.427. The number of aromatic nitrogens is 3. The fourth-order valence-electron chi connectivity index (χ4n) is 3.00. The van der Waals surface area contributed by atoms with E-state index >= 15 is 0 Å². The summed E-state index contributed by atoms with van der Waals surface area (Å²) in [7, 11) is 4.45. The number of carbonyl (C=O) groups is 1. The van der Waals surface area contributed by atoms with Crippen molar-refractivity contribution in [1.82, 2.24) is 14.6 Å². The Morgan fingerprint density at radius 1 is 1.06 bits per heavy atom. The molecule has 160 valence electrons. The molecule has 0 aliphatic carbocycles. The molecule has 0 unspecified atom stereocenters. The van der Waals surface area contributed by atoms with E-state index in [9.17, 15) is 4.79 Å². The second-order valence-electron chi connectivity index (χ2n) is 6.24.